The van der Waals surface area contributed by atoms with Crippen LogP contribution in [-0.4, -0.2) is 32.7 Å². The minimum atomic E-state index is -1.05. The molecule has 2 aromatic rings. The van der Waals surface area contributed by atoms with Crippen molar-refractivity contribution in [3.05, 3.63) is 35.3 Å². The molecule has 0 saturated heterocycles. The van der Waals surface area contributed by atoms with Crippen LogP contribution in [0.2, 0.25) is 0 Å². The van der Waals surface area contributed by atoms with E-state index >= 15 is 0 Å². The lowest BCUT2D eigenvalue weighted by Crippen LogP contribution is -2.14. The van der Waals surface area contributed by atoms with Gasteiger partial charge in [0.15, 0.2) is 5.69 Å². The van der Waals surface area contributed by atoms with Gasteiger partial charge in [-0.25, -0.2) is 9.78 Å². The number of pyridine rings is 1. The number of nitrogens with zero attached hydrogens (tertiary/aromatic N) is 2. The Morgan fingerprint density at radius 3 is 2.81 bits per heavy atom. The number of ether oxygens (including phenoxy) is 1. The van der Waals surface area contributed by atoms with Gasteiger partial charge in [-0.3, -0.25) is 0 Å². The normalized spacial score (nSPS) is 11.1. The van der Waals surface area contributed by atoms with Gasteiger partial charge in [0.2, 0.25) is 0 Å². The van der Waals surface area contributed by atoms with Crippen molar-refractivity contribution in [2.45, 2.75) is 33.3 Å². The van der Waals surface area contributed by atoms with E-state index in [4.69, 9.17) is 4.74 Å². The van der Waals surface area contributed by atoms with Crippen LogP contribution >= 0.6 is 0 Å². The van der Waals surface area contributed by atoms with E-state index in [9.17, 15) is 9.90 Å². The fraction of sp³-hybridized carbons (Fsp3) is 0.375. The van der Waals surface area contributed by atoms with Crippen molar-refractivity contribution in [2.75, 3.05) is 6.61 Å². The lowest BCUT2D eigenvalue weighted by atomic mass is 10.1. The first-order valence-corrected chi connectivity index (χ1v) is 6.73. The fourth-order valence-electron chi connectivity index (χ4n) is 1.84. The second-order valence-corrected chi connectivity index (χ2v) is 5.22. The molecule has 0 aliphatic heterocycles. The predicted molar refractivity (Wildman–Crippen MR) is 79.1 cm³/mol. The number of fused-ring (bicyclic) bond motifs is 1. The van der Waals surface area contributed by atoms with Gasteiger partial charge in [0.05, 0.1) is 6.61 Å². The average molecular weight is 286 g/mol. The van der Waals surface area contributed by atoms with E-state index in [0.29, 0.717) is 12.3 Å². The summed E-state index contributed by atoms with van der Waals surface area (Å²) in [6.07, 6.45) is 1.64. The third-order valence-corrected chi connectivity index (χ3v) is 2.87. The number of esters is 1. The summed E-state index contributed by atoms with van der Waals surface area (Å²) in [6, 6.07) is 3.61. The summed E-state index contributed by atoms with van der Waals surface area (Å²) in [5.41, 5.74) is 1.51. The number of hydrogen-bond acceptors (Lipinski definition) is 4. The Balaban J connectivity index is 2.47. The van der Waals surface area contributed by atoms with Crippen LogP contribution in [0.5, 0.6) is 0 Å². The second-order valence-electron chi connectivity index (χ2n) is 5.22. The van der Waals surface area contributed by atoms with Crippen LogP contribution in [-0.2, 0) is 4.74 Å². The summed E-state index contributed by atoms with van der Waals surface area (Å²) < 4.78 is 6.74. The maximum Gasteiger partial charge on any atom is 0.358 e. The third kappa shape index (κ3) is 3.41. The van der Waals surface area contributed by atoms with Crippen molar-refractivity contribution in [1.82, 2.24) is 9.38 Å². The summed E-state index contributed by atoms with van der Waals surface area (Å²) >= 11 is 0. The zero-order chi connectivity index (χ0) is 15.6. The van der Waals surface area contributed by atoms with Crippen molar-refractivity contribution < 1.29 is 14.6 Å². The Morgan fingerprint density at radius 2 is 2.19 bits per heavy atom. The summed E-state index contributed by atoms with van der Waals surface area (Å²) in [6.45, 7) is 7.21. The standard InChI is InChI=1S/C16H18N2O3/c1-5-21-15(19)13-10-18-11(2)12(6-7-14(18)17-13)8-9-16(3,4)20/h6-7,10,20H,5H2,1-4H3. The molecule has 5 nitrogen and oxygen atoms in total. The molecule has 5 heteroatoms. The molecule has 2 rings (SSSR count). The van der Waals surface area contributed by atoms with Gasteiger partial charge >= 0.3 is 5.97 Å². The second kappa shape index (κ2) is 5.58. The van der Waals surface area contributed by atoms with Gasteiger partial charge in [-0.2, -0.15) is 0 Å². The van der Waals surface area contributed by atoms with Crippen LogP contribution in [0.25, 0.3) is 5.65 Å². The zero-order valence-corrected chi connectivity index (χ0v) is 12.6. The molecule has 21 heavy (non-hydrogen) atoms. The molecule has 0 fully saturated rings. The molecule has 0 radical (unpaired) electrons. The van der Waals surface area contributed by atoms with Gasteiger partial charge in [0.25, 0.3) is 0 Å². The predicted octanol–water partition coefficient (Wildman–Crippen LogP) is 1.94. The maximum atomic E-state index is 11.7. The molecule has 0 aromatic carbocycles. The largest absolute Gasteiger partial charge is 0.461 e. The monoisotopic (exact) mass is 286 g/mol. The average Bonchev–Trinajstić information content (AvgIpc) is 2.82. The van der Waals surface area contributed by atoms with Gasteiger partial charge in [0.1, 0.15) is 11.2 Å². The Morgan fingerprint density at radius 1 is 1.48 bits per heavy atom. The highest BCUT2D eigenvalue weighted by Crippen LogP contribution is 2.14. The number of rotatable bonds is 2. The molecule has 2 aromatic heterocycles. The molecule has 0 aliphatic rings. The van der Waals surface area contributed by atoms with Gasteiger partial charge in [0, 0.05) is 17.5 Å². The summed E-state index contributed by atoms with van der Waals surface area (Å²) in [4.78, 5) is 15.9. The van der Waals surface area contributed by atoms with Crippen molar-refractivity contribution in [2.24, 2.45) is 0 Å². The molecule has 1 N–H and O–H groups in total. The van der Waals surface area contributed by atoms with E-state index in [0.717, 1.165) is 11.3 Å². The quantitative estimate of drug-likeness (QED) is 0.677. The summed E-state index contributed by atoms with van der Waals surface area (Å²) in [7, 11) is 0. The molecule has 0 spiro atoms. The Hall–Kier alpha value is -2.32. The lowest BCUT2D eigenvalue weighted by Gasteiger charge is -2.07. The zero-order valence-electron chi connectivity index (χ0n) is 12.6. The summed E-state index contributed by atoms with van der Waals surface area (Å²) in [5, 5.41) is 9.67. The SMILES string of the molecule is CCOC(=O)c1cn2c(C)c(C#CC(C)(C)O)ccc2n1. The van der Waals surface area contributed by atoms with E-state index in [1.54, 1.807) is 37.4 Å². The Bertz CT molecular complexity index is 742. The fourth-order valence-corrected chi connectivity index (χ4v) is 1.84. The summed E-state index contributed by atoms with van der Waals surface area (Å²) in [5.74, 6) is 5.28. The number of carbonyl (C=O) groups is 1. The topological polar surface area (TPSA) is 63.8 Å². The minimum absolute atomic E-state index is 0.271. The van der Waals surface area contributed by atoms with Gasteiger partial charge in [-0.05, 0) is 39.8 Å². The van der Waals surface area contributed by atoms with Crippen molar-refractivity contribution in [3.63, 3.8) is 0 Å². The van der Waals surface area contributed by atoms with Gasteiger partial charge < -0.3 is 14.2 Å². The van der Waals surface area contributed by atoms with E-state index in [1.807, 2.05) is 13.0 Å². The molecular weight excluding hydrogens is 268 g/mol. The highest BCUT2D eigenvalue weighted by Gasteiger charge is 2.13. The first kappa shape index (κ1) is 15.1. The smallest absolute Gasteiger partial charge is 0.358 e. The van der Waals surface area contributed by atoms with E-state index in [2.05, 4.69) is 16.8 Å². The molecule has 110 valence electrons. The number of carbonyl (C=O) groups excluding carboxylic acids is 1. The molecule has 0 aliphatic carbocycles. The Labute approximate surface area is 123 Å². The highest BCUT2D eigenvalue weighted by molar-refractivity contribution is 5.88. The molecular formula is C16H18N2O3. The van der Waals surface area contributed by atoms with Crippen LogP contribution in [0.3, 0.4) is 0 Å². The molecule has 0 unspecified atom stereocenters. The number of aryl methyl sites for hydroxylation is 1. The van der Waals surface area contributed by atoms with E-state index in [1.165, 1.54) is 0 Å². The lowest BCUT2D eigenvalue weighted by molar-refractivity contribution is 0.0520. The van der Waals surface area contributed by atoms with Gasteiger partial charge in [-0.1, -0.05) is 11.8 Å². The Kier molecular flexibility index (Phi) is 4.01. The van der Waals surface area contributed by atoms with Crippen LogP contribution in [0.1, 0.15) is 42.5 Å². The molecule has 2 heterocycles. The number of hydrogen-bond donors (Lipinski definition) is 1. The van der Waals surface area contributed by atoms with Crippen molar-refractivity contribution >= 4 is 11.6 Å². The number of imidazole rings is 1. The van der Waals surface area contributed by atoms with E-state index in [-0.39, 0.29) is 5.69 Å². The number of aliphatic hydroxyl groups is 1. The first-order valence-electron chi connectivity index (χ1n) is 6.73. The minimum Gasteiger partial charge on any atom is -0.461 e. The van der Waals surface area contributed by atoms with Crippen LogP contribution in [0.15, 0.2) is 18.3 Å². The highest BCUT2D eigenvalue weighted by atomic mass is 16.5. The molecule has 0 amide bonds. The van der Waals surface area contributed by atoms with Crippen LogP contribution in [0.4, 0.5) is 0 Å². The van der Waals surface area contributed by atoms with Crippen molar-refractivity contribution in [1.29, 1.82) is 0 Å². The third-order valence-electron chi connectivity index (χ3n) is 2.87. The molecule has 0 atom stereocenters. The number of aromatic nitrogens is 2. The van der Waals surface area contributed by atoms with Crippen LogP contribution in [0, 0.1) is 18.8 Å². The van der Waals surface area contributed by atoms with Gasteiger partial charge in [-0.15, -0.1) is 0 Å². The van der Waals surface area contributed by atoms with Crippen LogP contribution < -0.4 is 0 Å². The van der Waals surface area contributed by atoms with E-state index < -0.39 is 11.6 Å². The first-order chi connectivity index (χ1) is 9.81. The molecule has 0 bridgehead atoms. The van der Waals surface area contributed by atoms with Crippen molar-refractivity contribution in [3.8, 4) is 11.8 Å². The maximum absolute atomic E-state index is 11.7. The molecule has 0 saturated carbocycles.